The average Bonchev–Trinajstić information content (AvgIpc) is 2.58. The lowest BCUT2D eigenvalue weighted by Crippen LogP contribution is -2.33. The summed E-state index contributed by atoms with van der Waals surface area (Å²) in [5, 5.41) is 0.801. The van der Waals surface area contributed by atoms with Crippen molar-refractivity contribution in [2.45, 2.75) is 45.1 Å². The SMILES string of the molecule is CCCc1cccc(C(C)CC2C=Cc3ccc(Cl)cc3N2C)c1. The van der Waals surface area contributed by atoms with Crippen LogP contribution in [0, 0.1) is 0 Å². The first-order chi connectivity index (χ1) is 11.6. The lowest BCUT2D eigenvalue weighted by Gasteiger charge is -2.34. The van der Waals surface area contributed by atoms with E-state index in [1.165, 1.54) is 28.8 Å². The lowest BCUT2D eigenvalue weighted by molar-refractivity contribution is 0.596. The maximum Gasteiger partial charge on any atom is 0.0479 e. The second-order valence-electron chi connectivity index (χ2n) is 6.87. The number of aryl methyl sites for hydroxylation is 1. The Kier molecular flexibility index (Phi) is 5.30. The molecule has 2 heteroatoms. The standard InChI is InChI=1S/C22H26ClN/c1-4-6-17-7-5-8-19(14-17)16(2)13-21-12-10-18-9-11-20(23)15-22(18)24(21)3/h5,7-12,14-16,21H,4,6,13H2,1-3H3. The molecule has 2 unspecified atom stereocenters. The molecule has 0 N–H and O–H groups in total. The highest BCUT2D eigenvalue weighted by atomic mass is 35.5. The van der Waals surface area contributed by atoms with E-state index < -0.39 is 0 Å². The van der Waals surface area contributed by atoms with Crippen LogP contribution in [-0.4, -0.2) is 13.1 Å². The van der Waals surface area contributed by atoms with E-state index >= 15 is 0 Å². The molecular formula is C22H26ClN. The zero-order chi connectivity index (χ0) is 17.1. The monoisotopic (exact) mass is 339 g/mol. The molecule has 0 fully saturated rings. The van der Waals surface area contributed by atoms with Crippen LogP contribution in [0.25, 0.3) is 6.08 Å². The van der Waals surface area contributed by atoms with E-state index in [0.717, 1.165) is 17.9 Å². The van der Waals surface area contributed by atoms with E-state index in [2.05, 4.69) is 74.3 Å². The van der Waals surface area contributed by atoms with Gasteiger partial charge < -0.3 is 4.90 Å². The van der Waals surface area contributed by atoms with E-state index in [-0.39, 0.29) is 0 Å². The van der Waals surface area contributed by atoms with Gasteiger partial charge in [-0.3, -0.25) is 0 Å². The molecule has 2 atom stereocenters. The first-order valence-electron chi connectivity index (χ1n) is 8.88. The Morgan fingerprint density at radius 2 is 2.00 bits per heavy atom. The fourth-order valence-corrected chi connectivity index (χ4v) is 3.73. The molecule has 0 radical (unpaired) electrons. The van der Waals surface area contributed by atoms with Gasteiger partial charge in [0.25, 0.3) is 0 Å². The summed E-state index contributed by atoms with van der Waals surface area (Å²) in [6.45, 7) is 4.57. The van der Waals surface area contributed by atoms with Crippen LogP contribution in [0.15, 0.2) is 48.5 Å². The minimum Gasteiger partial charge on any atom is -0.368 e. The number of hydrogen-bond acceptors (Lipinski definition) is 1. The molecule has 1 heterocycles. The van der Waals surface area contributed by atoms with Crippen molar-refractivity contribution in [1.29, 1.82) is 0 Å². The van der Waals surface area contributed by atoms with Gasteiger partial charge in [0.1, 0.15) is 0 Å². The van der Waals surface area contributed by atoms with Crippen LogP contribution in [0.2, 0.25) is 5.02 Å². The quantitative estimate of drug-likeness (QED) is 0.616. The van der Waals surface area contributed by atoms with Crippen LogP contribution in [0.3, 0.4) is 0 Å². The highest BCUT2D eigenvalue weighted by Crippen LogP contribution is 2.34. The van der Waals surface area contributed by atoms with Gasteiger partial charge in [-0.2, -0.15) is 0 Å². The molecule has 3 rings (SSSR count). The number of rotatable bonds is 5. The molecule has 1 aliphatic heterocycles. The van der Waals surface area contributed by atoms with Crippen LogP contribution in [0.4, 0.5) is 5.69 Å². The summed E-state index contributed by atoms with van der Waals surface area (Å²) in [5.41, 5.74) is 5.36. The Balaban J connectivity index is 1.75. The number of anilines is 1. The number of hydrogen-bond donors (Lipinski definition) is 0. The maximum absolute atomic E-state index is 6.19. The molecule has 1 nitrogen and oxygen atoms in total. The summed E-state index contributed by atoms with van der Waals surface area (Å²) in [5.74, 6) is 0.527. The van der Waals surface area contributed by atoms with Crippen molar-refractivity contribution < 1.29 is 0 Å². The highest BCUT2D eigenvalue weighted by Gasteiger charge is 2.22. The van der Waals surface area contributed by atoms with E-state index in [0.29, 0.717) is 12.0 Å². The molecular weight excluding hydrogens is 314 g/mol. The molecule has 2 aromatic carbocycles. The maximum atomic E-state index is 6.19. The van der Waals surface area contributed by atoms with Crippen LogP contribution < -0.4 is 4.90 Å². The molecule has 0 amide bonds. The first-order valence-corrected chi connectivity index (χ1v) is 9.25. The molecule has 0 aliphatic carbocycles. The molecule has 0 saturated heterocycles. The summed E-state index contributed by atoms with van der Waals surface area (Å²) in [6, 6.07) is 15.6. The van der Waals surface area contributed by atoms with Crippen molar-refractivity contribution in [3.05, 3.63) is 70.3 Å². The van der Waals surface area contributed by atoms with Gasteiger partial charge in [-0.05, 0) is 47.6 Å². The minimum absolute atomic E-state index is 0.404. The van der Waals surface area contributed by atoms with Crippen molar-refractivity contribution >= 4 is 23.4 Å². The topological polar surface area (TPSA) is 3.24 Å². The van der Waals surface area contributed by atoms with Gasteiger partial charge >= 0.3 is 0 Å². The molecule has 2 aromatic rings. The second-order valence-corrected chi connectivity index (χ2v) is 7.31. The van der Waals surface area contributed by atoms with E-state index in [9.17, 15) is 0 Å². The Bertz CT molecular complexity index is 734. The Labute approximate surface area is 151 Å². The number of nitrogens with zero attached hydrogens (tertiary/aromatic N) is 1. The first kappa shape index (κ1) is 17.1. The van der Waals surface area contributed by atoms with Crippen molar-refractivity contribution in [1.82, 2.24) is 0 Å². The van der Waals surface area contributed by atoms with Gasteiger partial charge in [-0.25, -0.2) is 0 Å². The third kappa shape index (κ3) is 3.67. The third-order valence-corrected chi connectivity index (χ3v) is 5.26. The zero-order valence-corrected chi connectivity index (χ0v) is 15.6. The summed E-state index contributed by atoms with van der Waals surface area (Å²) < 4.78 is 0. The molecule has 126 valence electrons. The Morgan fingerprint density at radius 3 is 2.79 bits per heavy atom. The van der Waals surface area contributed by atoms with Crippen molar-refractivity contribution in [3.8, 4) is 0 Å². The fourth-order valence-electron chi connectivity index (χ4n) is 3.56. The van der Waals surface area contributed by atoms with E-state index in [1.807, 2.05) is 6.07 Å². The zero-order valence-electron chi connectivity index (χ0n) is 14.8. The van der Waals surface area contributed by atoms with Gasteiger partial charge in [0.05, 0.1) is 0 Å². The molecule has 0 aromatic heterocycles. The van der Waals surface area contributed by atoms with Crippen molar-refractivity contribution in [3.63, 3.8) is 0 Å². The van der Waals surface area contributed by atoms with Crippen LogP contribution in [0.5, 0.6) is 0 Å². The van der Waals surface area contributed by atoms with Crippen molar-refractivity contribution in [2.75, 3.05) is 11.9 Å². The number of fused-ring (bicyclic) bond motifs is 1. The third-order valence-electron chi connectivity index (χ3n) is 5.02. The van der Waals surface area contributed by atoms with Gasteiger partial charge in [0.2, 0.25) is 0 Å². The summed E-state index contributed by atoms with van der Waals surface area (Å²) in [7, 11) is 2.17. The largest absolute Gasteiger partial charge is 0.368 e. The van der Waals surface area contributed by atoms with Crippen LogP contribution in [0.1, 0.15) is 49.3 Å². The molecule has 0 bridgehead atoms. The van der Waals surface area contributed by atoms with Crippen molar-refractivity contribution in [2.24, 2.45) is 0 Å². The van der Waals surface area contributed by atoms with E-state index in [4.69, 9.17) is 11.6 Å². The predicted molar refractivity (Wildman–Crippen MR) is 106 cm³/mol. The second kappa shape index (κ2) is 7.44. The van der Waals surface area contributed by atoms with Gasteiger partial charge in [0.15, 0.2) is 0 Å². The lowest BCUT2D eigenvalue weighted by atomic mass is 9.90. The minimum atomic E-state index is 0.404. The van der Waals surface area contributed by atoms with Gasteiger partial charge in [-0.15, -0.1) is 0 Å². The van der Waals surface area contributed by atoms with Crippen LogP contribution in [-0.2, 0) is 6.42 Å². The van der Waals surface area contributed by atoms with Gasteiger partial charge in [-0.1, -0.05) is 74.4 Å². The highest BCUT2D eigenvalue weighted by molar-refractivity contribution is 6.31. The number of halogens is 1. The number of benzene rings is 2. The van der Waals surface area contributed by atoms with E-state index in [1.54, 1.807) is 0 Å². The molecule has 24 heavy (non-hydrogen) atoms. The summed E-state index contributed by atoms with van der Waals surface area (Å²) in [6.07, 6.45) is 8.02. The molecule has 1 aliphatic rings. The van der Waals surface area contributed by atoms with Crippen LogP contribution >= 0.6 is 11.6 Å². The smallest absolute Gasteiger partial charge is 0.0479 e. The molecule has 0 saturated carbocycles. The fraction of sp³-hybridized carbons (Fsp3) is 0.364. The Hall–Kier alpha value is -1.73. The average molecular weight is 340 g/mol. The predicted octanol–water partition coefficient (Wildman–Crippen LogP) is 6.32. The number of likely N-dealkylation sites (N-methyl/N-ethyl adjacent to an activating group) is 1. The summed E-state index contributed by atoms with van der Waals surface area (Å²) >= 11 is 6.19. The Morgan fingerprint density at radius 1 is 1.17 bits per heavy atom. The van der Waals surface area contributed by atoms with Gasteiger partial charge in [0, 0.05) is 23.8 Å². The summed E-state index contributed by atoms with van der Waals surface area (Å²) in [4.78, 5) is 2.35. The normalized spacial score (nSPS) is 17.7. The molecule has 0 spiro atoms.